The Morgan fingerprint density at radius 3 is 1.68 bits per heavy atom. The number of rotatable bonds is 3. The maximum absolute atomic E-state index is 12.6. The van der Waals surface area contributed by atoms with E-state index in [4.69, 9.17) is 10.2 Å². The summed E-state index contributed by atoms with van der Waals surface area (Å²) in [6, 6.07) is 8.03. The minimum absolute atomic E-state index is 0.0119. The van der Waals surface area contributed by atoms with Gasteiger partial charge in [0.15, 0.2) is 23.0 Å². The number of carboxylic acids is 1. The molecule has 0 saturated heterocycles. The summed E-state index contributed by atoms with van der Waals surface area (Å²) in [6.07, 6.45) is -7.50. The number of benzene rings is 2. The maximum Gasteiger partial charge on any atom is 0.586 e. The summed E-state index contributed by atoms with van der Waals surface area (Å²) in [4.78, 5) is 10.4. The Bertz CT molecular complexity index is 901. The monoisotopic (exact) mass is 404 g/mol. The Hall–Kier alpha value is -3.21. The summed E-state index contributed by atoms with van der Waals surface area (Å²) < 4.78 is 66.7. The molecule has 0 radical (unpaired) electrons. The lowest BCUT2D eigenvalue weighted by Gasteiger charge is -2.04. The van der Waals surface area contributed by atoms with E-state index in [0.717, 1.165) is 0 Å². The Morgan fingerprint density at radius 1 is 0.786 bits per heavy atom. The molecule has 0 saturated carbocycles. The molecule has 28 heavy (non-hydrogen) atoms. The quantitative estimate of drug-likeness (QED) is 0.759. The van der Waals surface area contributed by atoms with Gasteiger partial charge in [-0.05, 0) is 35.4 Å². The van der Waals surface area contributed by atoms with Crippen LogP contribution < -0.4 is 18.9 Å². The summed E-state index contributed by atoms with van der Waals surface area (Å²) in [7, 11) is 0. The molecule has 2 aromatic rings. The van der Waals surface area contributed by atoms with Gasteiger partial charge in [-0.3, -0.25) is 4.79 Å². The minimum atomic E-state index is -3.66. The van der Waals surface area contributed by atoms with E-state index in [0.29, 0.717) is 11.1 Å². The average molecular weight is 404 g/mol. The number of halogens is 4. The number of alkyl halides is 4. The molecule has 0 spiro atoms. The summed E-state index contributed by atoms with van der Waals surface area (Å²) in [6.45, 7) is -0.220. The van der Waals surface area contributed by atoms with E-state index >= 15 is 0 Å². The highest BCUT2D eigenvalue weighted by molar-refractivity contribution is 5.70. The first-order valence-electron chi connectivity index (χ1n) is 7.67. The van der Waals surface area contributed by atoms with Crippen LogP contribution in [0.2, 0.25) is 0 Å². The first-order valence-corrected chi connectivity index (χ1v) is 7.67. The lowest BCUT2D eigenvalue weighted by Crippen LogP contribution is -2.25. The van der Waals surface area contributed by atoms with Crippen molar-refractivity contribution in [3.8, 4) is 23.0 Å². The van der Waals surface area contributed by atoms with Gasteiger partial charge in [0.1, 0.15) is 0 Å². The molecule has 0 bridgehead atoms. The van der Waals surface area contributed by atoms with Crippen LogP contribution in [0.25, 0.3) is 0 Å². The zero-order valence-corrected chi connectivity index (χ0v) is 13.8. The van der Waals surface area contributed by atoms with E-state index in [1.54, 1.807) is 0 Å². The van der Waals surface area contributed by atoms with Gasteiger partial charge in [-0.25, -0.2) is 0 Å². The molecular formula is C17H12F4O7. The molecule has 2 aliphatic heterocycles. The van der Waals surface area contributed by atoms with Crippen molar-refractivity contribution < 1.29 is 51.5 Å². The smallest absolute Gasteiger partial charge is 0.481 e. The Balaban J connectivity index is 0.000000162. The van der Waals surface area contributed by atoms with Crippen molar-refractivity contribution in [1.29, 1.82) is 0 Å². The number of aliphatic carboxylic acids is 1. The number of fused-ring (bicyclic) bond motifs is 2. The molecule has 0 fully saturated rings. The zero-order chi connectivity index (χ0) is 20.5. The van der Waals surface area contributed by atoms with E-state index in [-0.39, 0.29) is 36.0 Å². The van der Waals surface area contributed by atoms with Gasteiger partial charge in [0, 0.05) is 0 Å². The van der Waals surface area contributed by atoms with Crippen LogP contribution in [0.1, 0.15) is 11.1 Å². The van der Waals surface area contributed by atoms with Crippen LogP contribution in [0, 0.1) is 0 Å². The normalized spacial score (nSPS) is 16.9. The Morgan fingerprint density at radius 2 is 1.21 bits per heavy atom. The molecule has 2 heterocycles. The van der Waals surface area contributed by atoms with Crippen LogP contribution in [0.3, 0.4) is 0 Å². The van der Waals surface area contributed by atoms with Crippen LogP contribution in [-0.4, -0.2) is 28.8 Å². The lowest BCUT2D eigenvalue weighted by atomic mass is 10.1. The number of carboxylic acid groups (broad SMARTS) is 1. The number of hydrogen-bond donors (Lipinski definition) is 2. The maximum atomic E-state index is 12.6. The summed E-state index contributed by atoms with van der Waals surface area (Å²) in [5.41, 5.74) is 0.877. The van der Waals surface area contributed by atoms with Crippen LogP contribution in [-0.2, 0) is 17.8 Å². The number of ether oxygens (including phenoxy) is 4. The number of hydrogen-bond acceptors (Lipinski definition) is 6. The van der Waals surface area contributed by atoms with Gasteiger partial charge >= 0.3 is 18.6 Å². The van der Waals surface area contributed by atoms with E-state index < -0.39 is 18.6 Å². The van der Waals surface area contributed by atoms with Crippen molar-refractivity contribution in [1.82, 2.24) is 0 Å². The average Bonchev–Trinajstić information content (AvgIpc) is 3.06. The fraction of sp³-hybridized carbons (Fsp3) is 0.235. The second kappa shape index (κ2) is 7.08. The molecule has 2 aromatic carbocycles. The fourth-order valence-electron chi connectivity index (χ4n) is 2.37. The largest absolute Gasteiger partial charge is 0.586 e. The van der Waals surface area contributed by atoms with E-state index in [1.807, 2.05) is 0 Å². The molecule has 4 rings (SSSR count). The molecule has 150 valence electrons. The zero-order valence-electron chi connectivity index (χ0n) is 13.8. The third-order valence-electron chi connectivity index (χ3n) is 3.47. The SMILES string of the molecule is O=C(O)Cc1ccc2c(c1)OC(F)(F)O2.OCc1ccc2c(c1)OC(F)(F)O2. The first kappa shape index (κ1) is 19.5. The standard InChI is InChI=1S/C9H6F2O4.C8H6F2O3/c10-9(11)14-6-2-1-5(4-8(12)13)3-7(6)15-9;9-8(10)12-6-2-1-5(4-11)3-7(6)13-8/h1-3H,4H2,(H,12,13);1-3,11H,4H2. The first-order chi connectivity index (χ1) is 13.1. The molecule has 0 atom stereocenters. The Kier molecular flexibility index (Phi) is 4.94. The molecule has 2 aliphatic rings. The van der Waals surface area contributed by atoms with Crippen LogP contribution in [0.15, 0.2) is 36.4 Å². The number of aliphatic hydroxyl groups is 1. The summed E-state index contributed by atoms with van der Waals surface area (Å²) in [5.74, 6) is -1.33. The van der Waals surface area contributed by atoms with E-state index in [2.05, 4.69) is 18.9 Å². The molecular weight excluding hydrogens is 392 g/mol. The van der Waals surface area contributed by atoms with E-state index in [1.165, 1.54) is 36.4 Å². The van der Waals surface area contributed by atoms with Gasteiger partial charge in [-0.2, -0.15) is 0 Å². The highest BCUT2D eigenvalue weighted by atomic mass is 19.3. The van der Waals surface area contributed by atoms with Gasteiger partial charge in [0.2, 0.25) is 0 Å². The number of aliphatic hydroxyl groups excluding tert-OH is 1. The van der Waals surface area contributed by atoms with Gasteiger partial charge in [0.25, 0.3) is 0 Å². The molecule has 2 N–H and O–H groups in total. The van der Waals surface area contributed by atoms with Crippen molar-refractivity contribution in [2.24, 2.45) is 0 Å². The van der Waals surface area contributed by atoms with Crippen LogP contribution in [0.5, 0.6) is 23.0 Å². The van der Waals surface area contributed by atoms with Gasteiger partial charge in [-0.1, -0.05) is 12.1 Å². The van der Waals surface area contributed by atoms with Gasteiger partial charge < -0.3 is 29.2 Å². The van der Waals surface area contributed by atoms with Crippen molar-refractivity contribution in [2.45, 2.75) is 25.6 Å². The van der Waals surface area contributed by atoms with Crippen molar-refractivity contribution in [3.05, 3.63) is 47.5 Å². The van der Waals surface area contributed by atoms with Crippen LogP contribution >= 0.6 is 0 Å². The highest BCUT2D eigenvalue weighted by Crippen LogP contribution is 2.42. The topological polar surface area (TPSA) is 94.5 Å². The minimum Gasteiger partial charge on any atom is -0.481 e. The molecule has 0 aromatic heterocycles. The number of carbonyl (C=O) groups is 1. The highest BCUT2D eigenvalue weighted by Gasteiger charge is 2.44. The van der Waals surface area contributed by atoms with E-state index in [9.17, 15) is 22.4 Å². The van der Waals surface area contributed by atoms with Crippen molar-refractivity contribution in [2.75, 3.05) is 0 Å². The predicted molar refractivity (Wildman–Crippen MR) is 82.6 cm³/mol. The van der Waals surface area contributed by atoms with Crippen molar-refractivity contribution in [3.63, 3.8) is 0 Å². The van der Waals surface area contributed by atoms with Crippen LogP contribution in [0.4, 0.5) is 17.6 Å². The second-order valence-corrected chi connectivity index (χ2v) is 5.63. The fourth-order valence-corrected chi connectivity index (χ4v) is 2.37. The van der Waals surface area contributed by atoms with Gasteiger partial charge in [-0.15, -0.1) is 17.6 Å². The molecule has 0 aliphatic carbocycles. The van der Waals surface area contributed by atoms with Gasteiger partial charge in [0.05, 0.1) is 13.0 Å². The third kappa shape index (κ3) is 4.55. The third-order valence-corrected chi connectivity index (χ3v) is 3.47. The molecule has 0 unspecified atom stereocenters. The lowest BCUT2D eigenvalue weighted by molar-refractivity contribution is -0.287. The molecule has 7 nitrogen and oxygen atoms in total. The summed E-state index contributed by atoms with van der Waals surface area (Å²) in [5, 5.41) is 17.2. The molecule has 11 heteroatoms. The summed E-state index contributed by atoms with van der Waals surface area (Å²) >= 11 is 0. The second-order valence-electron chi connectivity index (χ2n) is 5.63. The van der Waals surface area contributed by atoms with Crippen molar-refractivity contribution >= 4 is 5.97 Å². The molecule has 0 amide bonds. The Labute approximate surface area is 154 Å². The predicted octanol–water partition coefficient (Wildman–Crippen LogP) is 3.14.